The molecule has 0 saturated heterocycles. The molecule has 0 aliphatic carbocycles. The quantitative estimate of drug-likeness (QED) is 0.338. The number of carbonyl (C=O) groups excluding carboxylic acids is 3. The SMILES string of the molecule is C=CCNC(=O)NC(=O)COC(=O)c1ccc(OC)c(S(=O)(=O)NCc2ccc(Cl)cc2)c1. The summed E-state index contributed by atoms with van der Waals surface area (Å²) in [5, 5.41) is 4.80. The van der Waals surface area contributed by atoms with Crippen LogP contribution in [0.3, 0.4) is 0 Å². The van der Waals surface area contributed by atoms with E-state index in [1.807, 2.05) is 5.32 Å². The molecule has 0 heterocycles. The predicted molar refractivity (Wildman–Crippen MR) is 120 cm³/mol. The van der Waals surface area contributed by atoms with Gasteiger partial charge in [-0.3, -0.25) is 10.1 Å². The second-order valence-corrected chi connectivity index (χ2v) is 8.61. The second kappa shape index (κ2) is 12.0. The summed E-state index contributed by atoms with van der Waals surface area (Å²) in [6.07, 6.45) is 1.42. The van der Waals surface area contributed by atoms with E-state index in [0.29, 0.717) is 10.6 Å². The van der Waals surface area contributed by atoms with Gasteiger partial charge in [0.15, 0.2) is 6.61 Å². The van der Waals surface area contributed by atoms with Gasteiger partial charge in [0.1, 0.15) is 10.6 Å². The molecule has 2 aromatic carbocycles. The number of hydrogen-bond acceptors (Lipinski definition) is 7. The average Bonchev–Trinajstić information content (AvgIpc) is 2.80. The van der Waals surface area contributed by atoms with Crippen LogP contribution in [0.4, 0.5) is 4.79 Å². The Morgan fingerprint density at radius 1 is 1.12 bits per heavy atom. The Balaban J connectivity index is 2.08. The molecule has 0 aliphatic rings. The molecule has 0 radical (unpaired) electrons. The van der Waals surface area contributed by atoms with Crippen molar-refractivity contribution in [1.82, 2.24) is 15.4 Å². The number of amides is 3. The van der Waals surface area contributed by atoms with E-state index in [1.165, 1.54) is 25.3 Å². The molecular formula is C21H22ClN3O7S. The number of ether oxygens (including phenoxy) is 2. The third kappa shape index (κ3) is 7.90. The molecule has 3 N–H and O–H groups in total. The summed E-state index contributed by atoms with van der Waals surface area (Å²) >= 11 is 5.83. The molecule has 2 aromatic rings. The highest BCUT2D eigenvalue weighted by Gasteiger charge is 2.22. The van der Waals surface area contributed by atoms with Crippen LogP contribution in [0, 0.1) is 0 Å². The van der Waals surface area contributed by atoms with E-state index >= 15 is 0 Å². The molecule has 176 valence electrons. The van der Waals surface area contributed by atoms with Crippen LogP contribution in [0.2, 0.25) is 5.02 Å². The van der Waals surface area contributed by atoms with E-state index in [0.717, 1.165) is 6.07 Å². The van der Waals surface area contributed by atoms with Gasteiger partial charge in [-0.2, -0.15) is 0 Å². The lowest BCUT2D eigenvalue weighted by atomic mass is 10.2. The number of imide groups is 1. The number of nitrogens with one attached hydrogen (secondary N) is 3. The molecule has 12 heteroatoms. The zero-order chi connectivity index (χ0) is 24.4. The zero-order valence-corrected chi connectivity index (χ0v) is 19.2. The van der Waals surface area contributed by atoms with E-state index in [4.69, 9.17) is 21.1 Å². The highest BCUT2D eigenvalue weighted by molar-refractivity contribution is 7.89. The number of esters is 1. The maximum absolute atomic E-state index is 12.8. The van der Waals surface area contributed by atoms with E-state index < -0.39 is 34.5 Å². The lowest BCUT2D eigenvalue weighted by Crippen LogP contribution is -2.41. The summed E-state index contributed by atoms with van der Waals surface area (Å²) in [4.78, 5) is 35.1. The minimum atomic E-state index is -4.08. The Morgan fingerprint density at radius 2 is 1.82 bits per heavy atom. The van der Waals surface area contributed by atoms with Crippen LogP contribution in [0.25, 0.3) is 0 Å². The lowest BCUT2D eigenvalue weighted by molar-refractivity contribution is -0.123. The molecule has 10 nitrogen and oxygen atoms in total. The summed E-state index contributed by atoms with van der Waals surface area (Å²) in [5.41, 5.74) is 0.534. The van der Waals surface area contributed by atoms with Crippen molar-refractivity contribution in [3.63, 3.8) is 0 Å². The van der Waals surface area contributed by atoms with Gasteiger partial charge in [0.2, 0.25) is 10.0 Å². The van der Waals surface area contributed by atoms with Crippen molar-refractivity contribution in [3.8, 4) is 5.75 Å². The summed E-state index contributed by atoms with van der Waals surface area (Å²) in [5.74, 6) is -1.82. The van der Waals surface area contributed by atoms with Crippen LogP contribution in [0.1, 0.15) is 15.9 Å². The fourth-order valence-electron chi connectivity index (χ4n) is 2.46. The molecular weight excluding hydrogens is 474 g/mol. The van der Waals surface area contributed by atoms with Crippen LogP contribution in [0.15, 0.2) is 60.0 Å². The number of carbonyl (C=O) groups is 3. The molecule has 0 spiro atoms. The lowest BCUT2D eigenvalue weighted by Gasteiger charge is -2.12. The number of halogens is 1. The Labute approximate surface area is 196 Å². The van der Waals surface area contributed by atoms with Gasteiger partial charge in [-0.05, 0) is 35.9 Å². The molecule has 2 rings (SSSR count). The average molecular weight is 496 g/mol. The van der Waals surface area contributed by atoms with Crippen molar-refractivity contribution >= 4 is 39.5 Å². The number of urea groups is 1. The van der Waals surface area contributed by atoms with Crippen LogP contribution in [-0.2, 0) is 26.1 Å². The van der Waals surface area contributed by atoms with Gasteiger partial charge in [-0.25, -0.2) is 22.7 Å². The number of benzene rings is 2. The fraction of sp³-hybridized carbons (Fsp3) is 0.190. The van der Waals surface area contributed by atoms with Crippen LogP contribution >= 0.6 is 11.6 Å². The van der Waals surface area contributed by atoms with Gasteiger partial charge in [-0.1, -0.05) is 29.8 Å². The first-order chi connectivity index (χ1) is 15.7. The van der Waals surface area contributed by atoms with Crippen LogP contribution in [-0.4, -0.2) is 46.6 Å². The third-order valence-corrected chi connectivity index (χ3v) is 5.74. The molecule has 3 amide bonds. The predicted octanol–water partition coefficient (Wildman–Crippen LogP) is 2.00. The van der Waals surface area contributed by atoms with E-state index in [9.17, 15) is 22.8 Å². The monoisotopic (exact) mass is 495 g/mol. The number of sulfonamides is 1. The van der Waals surface area contributed by atoms with Crippen LogP contribution in [0.5, 0.6) is 5.75 Å². The first-order valence-corrected chi connectivity index (χ1v) is 11.3. The number of hydrogen-bond donors (Lipinski definition) is 3. The number of rotatable bonds is 10. The van der Waals surface area contributed by atoms with Gasteiger partial charge in [0, 0.05) is 18.1 Å². The Bertz CT molecular complexity index is 1140. The minimum absolute atomic E-state index is 0.00629. The molecule has 0 saturated carbocycles. The van der Waals surface area contributed by atoms with Gasteiger partial charge < -0.3 is 14.8 Å². The summed E-state index contributed by atoms with van der Waals surface area (Å²) in [6.45, 7) is 2.79. The van der Waals surface area contributed by atoms with Crippen molar-refractivity contribution < 1.29 is 32.3 Å². The fourth-order valence-corrected chi connectivity index (χ4v) is 3.79. The number of methoxy groups -OCH3 is 1. The third-order valence-electron chi connectivity index (χ3n) is 4.06. The van der Waals surface area contributed by atoms with Crippen molar-refractivity contribution in [2.24, 2.45) is 0 Å². The first-order valence-electron chi connectivity index (χ1n) is 9.44. The summed E-state index contributed by atoms with van der Waals surface area (Å²) in [7, 11) is -2.79. The topological polar surface area (TPSA) is 140 Å². The van der Waals surface area contributed by atoms with E-state index in [-0.39, 0.29) is 29.3 Å². The highest BCUT2D eigenvalue weighted by atomic mass is 35.5. The molecule has 0 fully saturated rings. The van der Waals surface area contributed by atoms with Crippen molar-refractivity contribution in [2.75, 3.05) is 20.3 Å². The van der Waals surface area contributed by atoms with Gasteiger partial charge in [-0.15, -0.1) is 6.58 Å². The van der Waals surface area contributed by atoms with Gasteiger partial charge >= 0.3 is 12.0 Å². The molecule has 33 heavy (non-hydrogen) atoms. The standard InChI is InChI=1S/C21H22ClN3O7S/c1-3-10-23-21(28)25-19(26)13-32-20(27)15-6-9-17(31-2)18(11-15)33(29,30)24-12-14-4-7-16(22)8-5-14/h3-9,11,24H,1,10,12-13H2,2H3,(H2,23,25,26,28). The molecule has 0 aliphatic heterocycles. The van der Waals surface area contributed by atoms with Crippen molar-refractivity contribution in [2.45, 2.75) is 11.4 Å². The van der Waals surface area contributed by atoms with Crippen molar-refractivity contribution in [3.05, 3.63) is 71.3 Å². The Hall–Kier alpha value is -3.41. The summed E-state index contributed by atoms with van der Waals surface area (Å²) < 4.78 is 38.0. The molecule has 0 bridgehead atoms. The Kier molecular flexibility index (Phi) is 9.40. The smallest absolute Gasteiger partial charge is 0.338 e. The first kappa shape index (κ1) is 25.8. The minimum Gasteiger partial charge on any atom is -0.495 e. The largest absolute Gasteiger partial charge is 0.495 e. The van der Waals surface area contributed by atoms with E-state index in [2.05, 4.69) is 16.6 Å². The zero-order valence-electron chi connectivity index (χ0n) is 17.6. The maximum Gasteiger partial charge on any atom is 0.338 e. The Morgan fingerprint density at radius 3 is 2.45 bits per heavy atom. The van der Waals surface area contributed by atoms with Gasteiger partial charge in [0.25, 0.3) is 5.91 Å². The van der Waals surface area contributed by atoms with E-state index in [1.54, 1.807) is 24.3 Å². The second-order valence-electron chi connectivity index (χ2n) is 6.44. The van der Waals surface area contributed by atoms with Gasteiger partial charge in [0.05, 0.1) is 12.7 Å². The summed E-state index contributed by atoms with van der Waals surface area (Å²) in [6, 6.07) is 9.45. The van der Waals surface area contributed by atoms with Crippen molar-refractivity contribution in [1.29, 1.82) is 0 Å². The molecule has 0 atom stereocenters. The maximum atomic E-state index is 12.8. The highest BCUT2D eigenvalue weighted by Crippen LogP contribution is 2.25. The normalized spacial score (nSPS) is 10.7. The molecule has 0 unspecified atom stereocenters. The van der Waals surface area contributed by atoms with Crippen LogP contribution < -0.4 is 20.1 Å². The molecule has 0 aromatic heterocycles.